The molecule has 5 rings (SSSR count). The normalized spacial score (nSPS) is 20.7. The molecule has 130 valence electrons. The summed E-state index contributed by atoms with van der Waals surface area (Å²) in [5.41, 5.74) is 1.91. The number of aryl methyl sites for hydroxylation is 1. The summed E-state index contributed by atoms with van der Waals surface area (Å²) in [5, 5.41) is 3.02. The van der Waals surface area contributed by atoms with E-state index >= 15 is 0 Å². The summed E-state index contributed by atoms with van der Waals surface area (Å²) in [6, 6.07) is 3.87. The molecule has 0 aliphatic carbocycles. The monoisotopic (exact) mass is 341 g/mol. The van der Waals surface area contributed by atoms with Crippen molar-refractivity contribution < 1.29 is 19.0 Å². The summed E-state index contributed by atoms with van der Waals surface area (Å²) in [4.78, 5) is 17.2. The maximum absolute atomic E-state index is 12.3. The Morgan fingerprint density at radius 2 is 2.24 bits per heavy atom. The van der Waals surface area contributed by atoms with Gasteiger partial charge < -0.3 is 24.1 Å². The fourth-order valence-corrected chi connectivity index (χ4v) is 3.97. The van der Waals surface area contributed by atoms with E-state index in [1.807, 2.05) is 12.1 Å². The third-order valence-corrected chi connectivity index (χ3v) is 5.17. The summed E-state index contributed by atoms with van der Waals surface area (Å²) >= 11 is 0. The highest BCUT2D eigenvalue weighted by atomic mass is 16.7. The summed E-state index contributed by atoms with van der Waals surface area (Å²) in [5.74, 6) is 3.74. The number of carbonyl (C=O) groups is 1. The Kier molecular flexibility index (Phi) is 3.16. The van der Waals surface area contributed by atoms with Gasteiger partial charge in [0.15, 0.2) is 11.5 Å². The average molecular weight is 341 g/mol. The minimum atomic E-state index is -0.106. The van der Waals surface area contributed by atoms with E-state index < -0.39 is 0 Å². The van der Waals surface area contributed by atoms with Crippen LogP contribution in [0.1, 0.15) is 42.3 Å². The number of nitrogens with one attached hydrogen (secondary N) is 1. The zero-order valence-electron chi connectivity index (χ0n) is 14.0. The van der Waals surface area contributed by atoms with Crippen LogP contribution in [0.3, 0.4) is 0 Å². The second kappa shape index (κ2) is 5.40. The molecule has 7 heteroatoms. The lowest BCUT2D eigenvalue weighted by atomic mass is 9.89. The molecular formula is C18H19N3O4. The maximum atomic E-state index is 12.3. The number of fused-ring (bicyclic) bond motifs is 4. The van der Waals surface area contributed by atoms with Crippen LogP contribution in [0.15, 0.2) is 12.1 Å². The summed E-state index contributed by atoms with van der Waals surface area (Å²) in [7, 11) is 1.61. The predicted octanol–water partition coefficient (Wildman–Crippen LogP) is 2.43. The molecular weight excluding hydrogens is 322 g/mol. The molecule has 0 saturated heterocycles. The van der Waals surface area contributed by atoms with Gasteiger partial charge >= 0.3 is 0 Å². The van der Waals surface area contributed by atoms with Crippen LogP contribution >= 0.6 is 0 Å². The third kappa shape index (κ3) is 2.18. The SMILES string of the molecule is COc1cc([C@H]2CC(=O)Nc3c2nc2n3CCCC2)cc2c1OCO2. The molecule has 3 aliphatic rings. The van der Waals surface area contributed by atoms with Gasteiger partial charge in [-0.3, -0.25) is 4.79 Å². The molecule has 1 N–H and O–H groups in total. The van der Waals surface area contributed by atoms with Gasteiger partial charge in [0.1, 0.15) is 11.6 Å². The molecule has 1 amide bonds. The predicted molar refractivity (Wildman–Crippen MR) is 89.4 cm³/mol. The maximum Gasteiger partial charge on any atom is 0.231 e. The van der Waals surface area contributed by atoms with Gasteiger partial charge in [0, 0.05) is 25.3 Å². The van der Waals surface area contributed by atoms with Gasteiger partial charge in [0.25, 0.3) is 0 Å². The number of carbonyl (C=O) groups excluding carboxylic acids is 1. The van der Waals surface area contributed by atoms with E-state index in [-0.39, 0.29) is 18.6 Å². The molecule has 0 fully saturated rings. The van der Waals surface area contributed by atoms with Crippen molar-refractivity contribution in [3.8, 4) is 17.2 Å². The van der Waals surface area contributed by atoms with Crippen molar-refractivity contribution in [1.29, 1.82) is 0 Å². The number of amides is 1. The van der Waals surface area contributed by atoms with Crippen molar-refractivity contribution in [2.45, 2.75) is 38.1 Å². The Hall–Kier alpha value is -2.70. The minimum Gasteiger partial charge on any atom is -0.493 e. The molecule has 0 spiro atoms. The van der Waals surface area contributed by atoms with Crippen LogP contribution in [0.25, 0.3) is 0 Å². The van der Waals surface area contributed by atoms with Gasteiger partial charge in [-0.25, -0.2) is 4.98 Å². The number of anilines is 1. The molecule has 0 bridgehead atoms. The number of methoxy groups -OCH3 is 1. The van der Waals surface area contributed by atoms with Crippen molar-refractivity contribution in [2.75, 3.05) is 19.2 Å². The van der Waals surface area contributed by atoms with Gasteiger partial charge in [-0.05, 0) is 30.5 Å². The third-order valence-electron chi connectivity index (χ3n) is 5.17. The van der Waals surface area contributed by atoms with Crippen LogP contribution in [0.4, 0.5) is 5.82 Å². The zero-order valence-corrected chi connectivity index (χ0v) is 14.0. The lowest BCUT2D eigenvalue weighted by Gasteiger charge is -2.24. The first-order valence-electron chi connectivity index (χ1n) is 8.61. The van der Waals surface area contributed by atoms with E-state index in [1.165, 1.54) is 0 Å². The van der Waals surface area contributed by atoms with Gasteiger partial charge in [0.2, 0.25) is 18.4 Å². The van der Waals surface area contributed by atoms with E-state index in [0.717, 1.165) is 48.7 Å². The van der Waals surface area contributed by atoms with Gasteiger partial charge in [0.05, 0.1) is 12.8 Å². The molecule has 25 heavy (non-hydrogen) atoms. The lowest BCUT2D eigenvalue weighted by molar-refractivity contribution is -0.116. The van der Waals surface area contributed by atoms with E-state index in [9.17, 15) is 4.79 Å². The van der Waals surface area contributed by atoms with Crippen molar-refractivity contribution in [3.63, 3.8) is 0 Å². The second-order valence-corrected chi connectivity index (χ2v) is 6.63. The van der Waals surface area contributed by atoms with Gasteiger partial charge in [-0.1, -0.05) is 0 Å². The molecule has 4 heterocycles. The van der Waals surface area contributed by atoms with Crippen LogP contribution in [0.5, 0.6) is 17.2 Å². The highest BCUT2D eigenvalue weighted by molar-refractivity contribution is 5.94. The van der Waals surface area contributed by atoms with E-state index in [1.54, 1.807) is 7.11 Å². The number of hydrogen-bond acceptors (Lipinski definition) is 5. The first-order valence-corrected chi connectivity index (χ1v) is 8.61. The molecule has 7 nitrogen and oxygen atoms in total. The Balaban J connectivity index is 1.64. The van der Waals surface area contributed by atoms with E-state index in [4.69, 9.17) is 19.2 Å². The molecule has 1 atom stereocenters. The quantitative estimate of drug-likeness (QED) is 0.908. The van der Waals surface area contributed by atoms with Gasteiger partial charge in [-0.15, -0.1) is 0 Å². The Morgan fingerprint density at radius 1 is 1.32 bits per heavy atom. The Labute approximate surface area is 144 Å². The number of rotatable bonds is 2. The smallest absolute Gasteiger partial charge is 0.231 e. The highest BCUT2D eigenvalue weighted by Crippen LogP contribution is 2.46. The van der Waals surface area contributed by atoms with Crippen LogP contribution < -0.4 is 19.5 Å². The second-order valence-electron chi connectivity index (χ2n) is 6.63. The van der Waals surface area contributed by atoms with Crippen LogP contribution in [0, 0.1) is 0 Å². The minimum absolute atomic E-state index is 0.0161. The highest BCUT2D eigenvalue weighted by Gasteiger charge is 2.34. The summed E-state index contributed by atoms with van der Waals surface area (Å²) in [6.45, 7) is 1.10. The van der Waals surface area contributed by atoms with Crippen LogP contribution in [-0.4, -0.2) is 29.4 Å². The molecule has 0 saturated carbocycles. The molecule has 1 aromatic heterocycles. The zero-order chi connectivity index (χ0) is 17.0. The number of ether oxygens (including phenoxy) is 3. The standard InChI is InChI=1S/C18H19N3O4/c1-23-12-6-10(7-13-17(12)25-9-24-13)11-8-15(22)20-18-16(11)19-14-4-2-3-5-21(14)18/h6-7,11H,2-5,8-9H2,1H3,(H,20,22)/t11-/m1/s1. The van der Waals surface area contributed by atoms with E-state index in [2.05, 4.69) is 9.88 Å². The van der Waals surface area contributed by atoms with E-state index in [0.29, 0.717) is 23.7 Å². The Morgan fingerprint density at radius 3 is 3.12 bits per heavy atom. The number of hydrogen-bond donors (Lipinski definition) is 1. The fourth-order valence-electron chi connectivity index (χ4n) is 3.97. The van der Waals surface area contributed by atoms with Crippen molar-refractivity contribution >= 4 is 11.7 Å². The Bertz CT molecular complexity index is 874. The molecule has 0 radical (unpaired) electrons. The number of nitrogens with zero attached hydrogens (tertiary/aromatic N) is 2. The first kappa shape index (κ1) is 14.6. The molecule has 1 aromatic carbocycles. The lowest BCUT2D eigenvalue weighted by Crippen LogP contribution is -2.25. The largest absolute Gasteiger partial charge is 0.493 e. The summed E-state index contributed by atoms with van der Waals surface area (Å²) < 4.78 is 18.6. The van der Waals surface area contributed by atoms with Crippen LogP contribution in [-0.2, 0) is 17.8 Å². The molecule has 3 aliphatic heterocycles. The number of benzene rings is 1. The van der Waals surface area contributed by atoms with Crippen molar-refractivity contribution in [1.82, 2.24) is 9.55 Å². The van der Waals surface area contributed by atoms with Crippen LogP contribution in [0.2, 0.25) is 0 Å². The fraction of sp³-hybridized carbons (Fsp3) is 0.444. The number of imidazole rings is 1. The summed E-state index contributed by atoms with van der Waals surface area (Å²) in [6.07, 6.45) is 3.59. The molecule has 2 aromatic rings. The first-order chi connectivity index (χ1) is 12.2. The number of aromatic nitrogens is 2. The average Bonchev–Trinajstić information content (AvgIpc) is 3.24. The van der Waals surface area contributed by atoms with Crippen molar-refractivity contribution in [3.05, 3.63) is 29.2 Å². The van der Waals surface area contributed by atoms with Gasteiger partial charge in [-0.2, -0.15) is 0 Å². The molecule has 0 unspecified atom stereocenters. The topological polar surface area (TPSA) is 74.6 Å². The van der Waals surface area contributed by atoms with Crippen molar-refractivity contribution in [2.24, 2.45) is 0 Å².